The van der Waals surface area contributed by atoms with Gasteiger partial charge in [0.1, 0.15) is 38.6 Å². The van der Waals surface area contributed by atoms with E-state index in [9.17, 15) is 0 Å². The summed E-state index contributed by atoms with van der Waals surface area (Å²) in [5, 5.41) is 5.30. The van der Waals surface area contributed by atoms with Crippen molar-refractivity contribution in [2.75, 3.05) is 4.90 Å². The number of hydrogen-bond donors (Lipinski definition) is 0. The van der Waals surface area contributed by atoms with Gasteiger partial charge >= 0.3 is 6.98 Å². The lowest BCUT2D eigenvalue weighted by atomic mass is 9.75. The summed E-state index contributed by atoms with van der Waals surface area (Å²) in [7, 11) is 0. The monoisotopic (exact) mass is 1130 g/mol. The minimum absolute atomic E-state index is 0.507. The number of aryl methyl sites for hydroxylation is 2. The van der Waals surface area contributed by atoms with Crippen molar-refractivity contribution in [3.63, 3.8) is 0 Å². The molecule has 8 heterocycles. The van der Waals surface area contributed by atoms with Crippen LogP contribution in [0.3, 0.4) is 0 Å². The summed E-state index contributed by atoms with van der Waals surface area (Å²) in [5.41, 5.74) is 14.9. The number of amidine groups is 2. The van der Waals surface area contributed by atoms with Crippen LogP contribution in [-0.2, 0) is 12.8 Å². The number of thiophene rings is 2. The summed E-state index contributed by atoms with van der Waals surface area (Å²) >= 11 is 5.03. The molecule has 4 bridgehead atoms. The van der Waals surface area contributed by atoms with Gasteiger partial charge < -0.3 is 13.9 Å². The zero-order valence-corrected chi connectivity index (χ0v) is 48.7. The standard InChI is InChI=1S/C70H56BN9S3/c1-3-5-7-11-23-47-43-59(57-39-40-58(62-61(57)76-83-77-62)60-44-48(24-12-8-6-4-2)70(82-60)78(49-25-13-9-14-26-49)50-27-15-10-16-28-50)81-63(47)46-37-35-45(36-38-46)41-42-71-79-66-53-31-19-21-33-55(53)68(79)75-69-56-34-22-20-32-54(56)67(80(69)71)74-65-52-30-18-17-29-51(52)64(72-65)73-66/h9-10,13-22,25-40,43-44H,3-8,11-12,23-24H2,1-2H3. The van der Waals surface area contributed by atoms with Crippen LogP contribution < -0.4 is 15.9 Å². The fourth-order valence-corrected chi connectivity index (χ4v) is 15.3. The molecule has 5 aromatic heterocycles. The van der Waals surface area contributed by atoms with E-state index in [0.717, 1.165) is 120 Å². The van der Waals surface area contributed by atoms with Gasteiger partial charge in [0, 0.05) is 75.4 Å². The molecule has 7 aromatic carbocycles. The largest absolute Gasteiger partial charge is 0.480 e. The number of anilines is 3. The van der Waals surface area contributed by atoms with Crippen LogP contribution in [0.25, 0.3) is 63.9 Å². The maximum atomic E-state index is 5.45. The molecule has 12 aromatic rings. The van der Waals surface area contributed by atoms with Crippen molar-refractivity contribution in [1.82, 2.24) is 17.7 Å². The molecule has 0 aliphatic carbocycles. The van der Waals surface area contributed by atoms with Gasteiger partial charge in [-0.2, -0.15) is 8.75 Å². The van der Waals surface area contributed by atoms with E-state index in [1.807, 2.05) is 34.8 Å². The summed E-state index contributed by atoms with van der Waals surface area (Å²) < 4.78 is 14.5. The van der Waals surface area contributed by atoms with Gasteiger partial charge in [0.2, 0.25) is 0 Å². The van der Waals surface area contributed by atoms with E-state index < -0.39 is 6.98 Å². The Labute approximate surface area is 494 Å². The molecular formula is C70H56BN9S3. The second-order valence-corrected chi connectivity index (χ2v) is 24.3. The first-order valence-electron chi connectivity index (χ1n) is 29.1. The van der Waals surface area contributed by atoms with Crippen LogP contribution in [0.4, 0.5) is 28.0 Å². The molecule has 0 spiro atoms. The molecule has 3 aliphatic rings. The van der Waals surface area contributed by atoms with Crippen molar-refractivity contribution in [2.24, 2.45) is 20.0 Å². The van der Waals surface area contributed by atoms with Crippen LogP contribution >= 0.6 is 34.4 Å². The zero-order chi connectivity index (χ0) is 55.4. The van der Waals surface area contributed by atoms with Gasteiger partial charge in [-0.15, -0.1) is 22.7 Å². The maximum absolute atomic E-state index is 5.45. The highest BCUT2D eigenvalue weighted by atomic mass is 32.1. The van der Waals surface area contributed by atoms with Crippen molar-refractivity contribution in [2.45, 2.75) is 78.1 Å². The molecule has 0 unspecified atom stereocenters. The fourth-order valence-electron chi connectivity index (χ4n) is 12.2. The number of unbranched alkanes of at least 4 members (excludes halogenated alkanes) is 6. The number of aliphatic imine (C=N–C) groups is 2. The van der Waals surface area contributed by atoms with Crippen molar-refractivity contribution in [3.8, 4) is 43.1 Å². The Morgan fingerprint density at radius 1 is 0.470 bits per heavy atom. The molecule has 3 aliphatic heterocycles. The van der Waals surface area contributed by atoms with Crippen molar-refractivity contribution in [1.29, 1.82) is 0 Å². The Kier molecular flexibility index (Phi) is 13.4. The molecule has 0 N–H and O–H groups in total. The van der Waals surface area contributed by atoms with E-state index in [2.05, 4.69) is 209 Å². The van der Waals surface area contributed by atoms with E-state index in [1.165, 1.54) is 86.6 Å². The number of para-hydroxylation sites is 2. The normalized spacial score (nSPS) is 12.9. The minimum atomic E-state index is -0.507. The molecule has 13 heteroatoms. The maximum Gasteiger partial charge on any atom is 0.480 e. The predicted octanol–water partition coefficient (Wildman–Crippen LogP) is 17.7. The fraction of sp³-hybridized carbons (Fsp3) is 0.171. The molecule has 0 atom stereocenters. The quantitative estimate of drug-likeness (QED) is 0.0548. The van der Waals surface area contributed by atoms with Gasteiger partial charge in [0.15, 0.2) is 11.7 Å². The van der Waals surface area contributed by atoms with Crippen LogP contribution in [-0.4, -0.2) is 36.4 Å². The van der Waals surface area contributed by atoms with Crippen LogP contribution in [0.1, 0.15) is 93.0 Å². The first-order chi connectivity index (χ1) is 41.1. The number of hydrogen-bond acceptors (Lipinski definition) is 10. The number of fused-ring (bicyclic) bond motifs is 11. The van der Waals surface area contributed by atoms with Gasteiger partial charge in [0.25, 0.3) is 0 Å². The summed E-state index contributed by atoms with van der Waals surface area (Å²) in [6.07, 6.45) is 11.6. The number of rotatable bonds is 16. The lowest BCUT2D eigenvalue weighted by Crippen LogP contribution is -2.47. The third-order valence-electron chi connectivity index (χ3n) is 16.3. The summed E-state index contributed by atoms with van der Waals surface area (Å²) in [6.45, 7) is 4.06. The minimum Gasteiger partial charge on any atom is -0.322 e. The summed E-state index contributed by atoms with van der Waals surface area (Å²) in [5.74, 6) is 10.3. The van der Waals surface area contributed by atoms with E-state index >= 15 is 0 Å². The Morgan fingerprint density at radius 2 is 1.00 bits per heavy atom. The third kappa shape index (κ3) is 9.08. The van der Waals surface area contributed by atoms with E-state index in [-0.39, 0.29) is 0 Å². The first kappa shape index (κ1) is 51.1. The second-order valence-electron chi connectivity index (χ2n) is 21.6. The van der Waals surface area contributed by atoms with E-state index in [0.29, 0.717) is 11.7 Å². The topological polar surface area (TPSA) is 88.3 Å². The molecule has 0 amide bonds. The van der Waals surface area contributed by atoms with Gasteiger partial charge in [-0.1, -0.05) is 198 Å². The molecule has 9 nitrogen and oxygen atoms in total. The summed E-state index contributed by atoms with van der Waals surface area (Å²) in [6, 6.07) is 65.0. The predicted molar refractivity (Wildman–Crippen MR) is 348 cm³/mol. The Morgan fingerprint density at radius 3 is 1.63 bits per heavy atom. The summed E-state index contributed by atoms with van der Waals surface area (Å²) in [4.78, 5) is 27.5. The molecule has 402 valence electrons. The van der Waals surface area contributed by atoms with Crippen LogP contribution in [0.15, 0.2) is 202 Å². The van der Waals surface area contributed by atoms with Gasteiger partial charge in [-0.25, -0.2) is 20.0 Å². The average molecular weight is 1130 g/mol. The number of nitrogens with zero attached hydrogens (tertiary/aromatic N) is 9. The van der Waals surface area contributed by atoms with Gasteiger partial charge in [0.05, 0.1) is 11.7 Å². The lowest BCUT2D eigenvalue weighted by molar-refractivity contribution is 0.667. The third-order valence-corrected chi connectivity index (χ3v) is 19.3. The molecule has 0 saturated heterocycles. The Balaban J connectivity index is 0.804. The second kappa shape index (κ2) is 21.8. The highest BCUT2D eigenvalue weighted by molar-refractivity contribution is 7.20. The smallest absolute Gasteiger partial charge is 0.322 e. The number of benzene rings is 7. The highest BCUT2D eigenvalue weighted by Gasteiger charge is 2.36. The van der Waals surface area contributed by atoms with Gasteiger partial charge in [-0.3, -0.25) is 0 Å². The molecule has 0 saturated carbocycles. The van der Waals surface area contributed by atoms with E-state index in [4.69, 9.17) is 28.7 Å². The molecule has 0 fully saturated rings. The Bertz CT molecular complexity index is 4700. The lowest BCUT2D eigenvalue weighted by Gasteiger charge is -2.25. The Hall–Kier alpha value is -8.80. The highest BCUT2D eigenvalue weighted by Crippen LogP contribution is 2.49. The van der Waals surface area contributed by atoms with Gasteiger partial charge in [-0.05, 0) is 90.9 Å². The van der Waals surface area contributed by atoms with Crippen molar-refractivity contribution in [3.05, 3.63) is 221 Å². The SMILES string of the molecule is CCCCCCc1cc(-c2ccc(-c3cc(CCCCCC)c(N(c4ccccc4)c4ccccc4)s3)c3nsnc23)sc1-c1ccc(C#CB2n3c4c5ccccc5c3N=c3c5ccccc5c(n32)=NC2=NC(=N4)c3ccccc32)cc1. The molecule has 15 rings (SSSR count). The van der Waals surface area contributed by atoms with Crippen LogP contribution in [0, 0.1) is 11.7 Å². The zero-order valence-electron chi connectivity index (χ0n) is 46.2. The van der Waals surface area contributed by atoms with Crippen molar-refractivity contribution >= 4 is 114 Å². The van der Waals surface area contributed by atoms with Crippen molar-refractivity contribution < 1.29 is 0 Å². The molecular weight excluding hydrogens is 1070 g/mol. The first-order valence-corrected chi connectivity index (χ1v) is 31.5. The van der Waals surface area contributed by atoms with Crippen LogP contribution in [0.5, 0.6) is 0 Å². The van der Waals surface area contributed by atoms with E-state index in [1.54, 1.807) is 0 Å². The number of aromatic nitrogens is 4. The molecule has 83 heavy (non-hydrogen) atoms. The molecule has 0 radical (unpaired) electrons. The van der Waals surface area contributed by atoms with Crippen LogP contribution in [0.2, 0.25) is 0 Å². The average Bonchev–Trinajstić information content (AvgIpc) is 3.41.